The third-order valence-electron chi connectivity index (χ3n) is 1.09. The molecule has 0 radical (unpaired) electrons. The lowest BCUT2D eigenvalue weighted by atomic mass is 10.2. The molecule has 0 spiro atoms. The van der Waals surface area contributed by atoms with Crippen LogP contribution in [0.5, 0.6) is 0 Å². The molecule has 0 amide bonds. The zero-order valence-corrected chi connectivity index (χ0v) is 8.60. The van der Waals surface area contributed by atoms with Crippen LogP contribution in [0.4, 0.5) is 9.59 Å². The molecule has 0 unspecified atom stereocenters. The minimum Gasteiger partial charge on any atom is -0.652 e. The lowest BCUT2D eigenvalue weighted by Gasteiger charge is -1.96. The van der Waals surface area contributed by atoms with Crippen LogP contribution in [0, 0.1) is 0 Å². The van der Waals surface area contributed by atoms with Crippen molar-refractivity contribution >= 4 is 18.3 Å². The molecule has 0 saturated heterocycles. The van der Waals surface area contributed by atoms with Crippen molar-refractivity contribution in [2.24, 2.45) is 0 Å². The molecule has 1 N–H and O–H groups in total. The van der Waals surface area contributed by atoms with E-state index in [4.69, 9.17) is 35.3 Å². The summed E-state index contributed by atoms with van der Waals surface area (Å²) in [7, 11) is 0. The van der Waals surface area contributed by atoms with E-state index in [1.165, 1.54) is 0 Å². The van der Waals surface area contributed by atoms with E-state index in [2.05, 4.69) is 4.89 Å². The maximum atomic E-state index is 10.5. The van der Waals surface area contributed by atoms with Gasteiger partial charge in [-0.3, -0.25) is 4.89 Å². The SMILES string of the molecule is O=C(OO)c1ccccc1.O=C([O-])[O-].O=C([O-])[O-]. The lowest BCUT2D eigenvalue weighted by molar-refractivity contribution is -0.417. The van der Waals surface area contributed by atoms with Crippen LogP contribution in [0.2, 0.25) is 0 Å². The number of rotatable bonds is 1. The molecule has 100 valence electrons. The van der Waals surface area contributed by atoms with Crippen molar-refractivity contribution in [3.05, 3.63) is 35.9 Å². The van der Waals surface area contributed by atoms with Crippen molar-refractivity contribution in [1.29, 1.82) is 0 Å². The van der Waals surface area contributed by atoms with Gasteiger partial charge in [0.25, 0.3) is 0 Å². The Labute approximate surface area is 100 Å². The Kier molecular flexibility index (Phi) is 10.5. The average Bonchev–Trinajstić information content (AvgIpc) is 2.28. The van der Waals surface area contributed by atoms with Crippen molar-refractivity contribution in [2.45, 2.75) is 0 Å². The third kappa shape index (κ3) is 15.7. The first-order valence-electron chi connectivity index (χ1n) is 3.98. The minimum atomic E-state index is -2.33. The third-order valence-corrected chi connectivity index (χ3v) is 1.09. The van der Waals surface area contributed by atoms with Crippen molar-refractivity contribution in [3.8, 4) is 0 Å². The average molecular weight is 258 g/mol. The van der Waals surface area contributed by atoms with Crippen molar-refractivity contribution in [3.63, 3.8) is 0 Å². The molecule has 0 aromatic heterocycles. The van der Waals surface area contributed by atoms with Crippen LogP contribution in [0.3, 0.4) is 0 Å². The summed E-state index contributed by atoms with van der Waals surface area (Å²) in [5.41, 5.74) is 0.338. The van der Waals surface area contributed by atoms with Gasteiger partial charge in [0, 0.05) is 0 Å². The predicted octanol–water partition coefficient (Wildman–Crippen LogP) is -3.58. The molecule has 0 bridgehead atoms. The summed E-state index contributed by atoms with van der Waals surface area (Å²) in [6, 6.07) is 8.25. The van der Waals surface area contributed by atoms with E-state index in [0.29, 0.717) is 5.56 Å². The van der Waals surface area contributed by atoms with Gasteiger partial charge in [-0.2, -0.15) is 5.26 Å². The molecule has 0 aliphatic heterocycles. The highest BCUT2D eigenvalue weighted by molar-refractivity contribution is 5.88. The van der Waals surface area contributed by atoms with E-state index < -0.39 is 18.3 Å². The van der Waals surface area contributed by atoms with Gasteiger partial charge in [0.05, 0.1) is 5.56 Å². The van der Waals surface area contributed by atoms with Crippen LogP contribution in [-0.2, 0) is 4.89 Å². The smallest absolute Gasteiger partial charge is 0.372 e. The van der Waals surface area contributed by atoms with Gasteiger partial charge in [0.2, 0.25) is 0 Å². The minimum absolute atomic E-state index is 0.338. The number of carbonyl (C=O) groups excluding carboxylic acids is 3. The van der Waals surface area contributed by atoms with E-state index in [1.807, 2.05) is 0 Å². The zero-order valence-electron chi connectivity index (χ0n) is 8.60. The Hall–Kier alpha value is -2.81. The van der Waals surface area contributed by atoms with Gasteiger partial charge >= 0.3 is 5.97 Å². The van der Waals surface area contributed by atoms with E-state index in [1.54, 1.807) is 30.3 Å². The lowest BCUT2D eigenvalue weighted by Crippen LogP contribution is -2.37. The van der Waals surface area contributed by atoms with Gasteiger partial charge < -0.3 is 30.0 Å². The standard InChI is InChI=1S/C7H6O3.2CH2O3/c8-7(10-9)6-4-2-1-3-5-6;2*2-1(3)4/h1-5,9H;2*(H2,2,3,4)/p-4. The molecule has 0 atom stereocenters. The van der Waals surface area contributed by atoms with Crippen LogP contribution in [0.1, 0.15) is 10.4 Å². The molecule has 1 aromatic rings. The summed E-state index contributed by atoms with van der Waals surface area (Å²) < 4.78 is 0. The summed E-state index contributed by atoms with van der Waals surface area (Å²) >= 11 is 0. The Morgan fingerprint density at radius 3 is 1.50 bits per heavy atom. The summed E-state index contributed by atoms with van der Waals surface area (Å²) in [6.07, 6.45) is -4.67. The number of carboxylic acid groups (broad SMARTS) is 4. The predicted molar refractivity (Wildman–Crippen MR) is 45.3 cm³/mol. The molecule has 9 heteroatoms. The van der Waals surface area contributed by atoms with Crippen LogP contribution in [0.25, 0.3) is 0 Å². The second-order valence-corrected chi connectivity index (χ2v) is 2.24. The molecule has 0 heterocycles. The number of benzene rings is 1. The van der Waals surface area contributed by atoms with Gasteiger partial charge in [0.15, 0.2) is 0 Å². The van der Waals surface area contributed by atoms with Gasteiger partial charge in [-0.25, -0.2) is 4.79 Å². The number of carbonyl (C=O) groups is 3. The van der Waals surface area contributed by atoms with Crippen molar-refractivity contribution in [2.75, 3.05) is 0 Å². The largest absolute Gasteiger partial charge is 0.652 e. The van der Waals surface area contributed by atoms with E-state index >= 15 is 0 Å². The quantitative estimate of drug-likeness (QED) is 0.394. The summed E-state index contributed by atoms with van der Waals surface area (Å²) in [5, 5.41) is 41.3. The number of hydrogen-bond donors (Lipinski definition) is 1. The highest BCUT2D eigenvalue weighted by Crippen LogP contribution is 1.98. The van der Waals surface area contributed by atoms with E-state index in [9.17, 15) is 4.79 Å². The van der Waals surface area contributed by atoms with Crippen molar-refractivity contribution < 1.29 is 45.0 Å². The molecule has 9 nitrogen and oxygen atoms in total. The van der Waals surface area contributed by atoms with Gasteiger partial charge in [-0.05, 0) is 24.4 Å². The first-order chi connectivity index (χ1) is 8.31. The first-order valence-corrected chi connectivity index (χ1v) is 3.98. The first kappa shape index (κ1) is 17.6. The fourth-order valence-electron chi connectivity index (χ4n) is 0.627. The maximum Gasteiger partial charge on any atom is 0.372 e. The zero-order chi connectivity index (χ0) is 14.6. The molecule has 1 rings (SSSR count). The van der Waals surface area contributed by atoms with Gasteiger partial charge in [0.1, 0.15) is 0 Å². The topological polar surface area (TPSA) is 173 Å². The molecule has 0 fully saturated rings. The van der Waals surface area contributed by atoms with Crippen LogP contribution in [0.15, 0.2) is 30.3 Å². The van der Waals surface area contributed by atoms with Crippen LogP contribution < -0.4 is 20.4 Å². The second kappa shape index (κ2) is 10.7. The molecule has 0 aliphatic carbocycles. The molecule has 0 saturated carbocycles. The molecular formula is C9H6O9-4. The van der Waals surface area contributed by atoms with E-state index in [0.717, 1.165) is 0 Å². The Morgan fingerprint density at radius 2 is 1.22 bits per heavy atom. The van der Waals surface area contributed by atoms with Gasteiger partial charge in [-0.1, -0.05) is 18.2 Å². The molecule has 0 aliphatic rings. The number of hydrogen-bond acceptors (Lipinski definition) is 9. The molecular weight excluding hydrogens is 252 g/mol. The summed E-state index contributed by atoms with van der Waals surface area (Å²) in [4.78, 5) is 30.7. The van der Waals surface area contributed by atoms with Crippen molar-refractivity contribution in [1.82, 2.24) is 0 Å². The highest BCUT2D eigenvalue weighted by Gasteiger charge is 2.02. The fourth-order valence-corrected chi connectivity index (χ4v) is 0.627. The van der Waals surface area contributed by atoms with Gasteiger partial charge in [-0.15, -0.1) is 0 Å². The Bertz CT molecular complexity index is 353. The van der Waals surface area contributed by atoms with Crippen LogP contribution >= 0.6 is 0 Å². The molecule has 18 heavy (non-hydrogen) atoms. The fraction of sp³-hybridized carbons (Fsp3) is 0. The second-order valence-electron chi connectivity index (χ2n) is 2.24. The maximum absolute atomic E-state index is 10.5. The normalized spacial score (nSPS) is 7.61. The Morgan fingerprint density at radius 1 is 0.889 bits per heavy atom. The molecule has 1 aromatic carbocycles. The van der Waals surface area contributed by atoms with Crippen LogP contribution in [-0.4, -0.2) is 23.5 Å². The summed E-state index contributed by atoms with van der Waals surface area (Å²) in [6.45, 7) is 0. The van der Waals surface area contributed by atoms with E-state index in [-0.39, 0.29) is 0 Å². The summed E-state index contributed by atoms with van der Waals surface area (Å²) in [5.74, 6) is -0.736. The monoisotopic (exact) mass is 258 g/mol. The Balaban J connectivity index is 0. The highest BCUT2D eigenvalue weighted by atomic mass is 17.1.